The summed E-state index contributed by atoms with van der Waals surface area (Å²) in [6.07, 6.45) is 2.00. The molecule has 0 radical (unpaired) electrons. The average molecular weight is 275 g/mol. The molecule has 0 unspecified atom stereocenters. The maximum absolute atomic E-state index is 12.1. The van der Waals surface area contributed by atoms with E-state index in [1.54, 1.807) is 12.1 Å². The second kappa shape index (κ2) is 5.63. The maximum Gasteiger partial charge on any atom is 0.251 e. The van der Waals surface area contributed by atoms with Gasteiger partial charge in [0.25, 0.3) is 5.91 Å². The first-order valence-electron chi connectivity index (χ1n) is 6.97. The van der Waals surface area contributed by atoms with Gasteiger partial charge in [0.2, 0.25) is 5.91 Å². The number of nitrogens with two attached hydrogens (primary N) is 1. The summed E-state index contributed by atoms with van der Waals surface area (Å²) in [5.74, 6) is -0.193. The van der Waals surface area contributed by atoms with Crippen LogP contribution in [-0.2, 0) is 11.2 Å². The van der Waals surface area contributed by atoms with Crippen LogP contribution in [0.4, 0.5) is 5.69 Å². The SMILES string of the molecule is CCC(N)(CC)CNC(=O)c1ccc2c(c1)NC(=O)C2. The summed E-state index contributed by atoms with van der Waals surface area (Å²) in [4.78, 5) is 23.4. The predicted molar refractivity (Wildman–Crippen MR) is 78.6 cm³/mol. The highest BCUT2D eigenvalue weighted by Gasteiger charge is 2.22. The lowest BCUT2D eigenvalue weighted by Crippen LogP contribution is -2.49. The molecule has 1 aromatic rings. The van der Waals surface area contributed by atoms with Gasteiger partial charge < -0.3 is 16.4 Å². The molecule has 1 heterocycles. The molecular weight excluding hydrogens is 254 g/mol. The van der Waals surface area contributed by atoms with Crippen LogP contribution in [0, 0.1) is 0 Å². The molecule has 5 heteroatoms. The van der Waals surface area contributed by atoms with Crippen LogP contribution >= 0.6 is 0 Å². The summed E-state index contributed by atoms with van der Waals surface area (Å²) in [5, 5.41) is 5.61. The van der Waals surface area contributed by atoms with Crippen LogP contribution in [0.3, 0.4) is 0 Å². The first-order valence-corrected chi connectivity index (χ1v) is 6.97. The van der Waals surface area contributed by atoms with E-state index in [1.807, 2.05) is 19.9 Å². The highest BCUT2D eigenvalue weighted by molar-refractivity contribution is 6.02. The molecule has 0 atom stereocenters. The molecule has 20 heavy (non-hydrogen) atoms. The average Bonchev–Trinajstić information content (AvgIpc) is 2.83. The summed E-state index contributed by atoms with van der Waals surface area (Å²) in [6, 6.07) is 5.27. The van der Waals surface area contributed by atoms with Gasteiger partial charge in [-0.1, -0.05) is 19.9 Å². The Kier molecular flexibility index (Phi) is 4.09. The van der Waals surface area contributed by atoms with Crippen molar-refractivity contribution in [3.05, 3.63) is 29.3 Å². The molecule has 0 bridgehead atoms. The number of hydrogen-bond donors (Lipinski definition) is 3. The van der Waals surface area contributed by atoms with Crippen molar-refractivity contribution in [3.63, 3.8) is 0 Å². The summed E-state index contributed by atoms with van der Waals surface area (Å²) in [5.41, 5.74) is 8.00. The molecule has 0 aromatic heterocycles. The van der Waals surface area contributed by atoms with Crippen molar-refractivity contribution in [2.45, 2.75) is 38.6 Å². The first-order chi connectivity index (χ1) is 9.47. The third-order valence-electron chi connectivity index (χ3n) is 4.01. The lowest BCUT2D eigenvalue weighted by molar-refractivity contribution is -0.115. The molecule has 0 saturated heterocycles. The Balaban J connectivity index is 2.04. The minimum atomic E-state index is -0.361. The van der Waals surface area contributed by atoms with Gasteiger partial charge in [-0.15, -0.1) is 0 Å². The number of amides is 2. The van der Waals surface area contributed by atoms with Crippen molar-refractivity contribution >= 4 is 17.5 Å². The van der Waals surface area contributed by atoms with Gasteiger partial charge in [0, 0.05) is 23.3 Å². The maximum atomic E-state index is 12.1. The Morgan fingerprint density at radius 1 is 1.40 bits per heavy atom. The Hall–Kier alpha value is -1.88. The van der Waals surface area contributed by atoms with Gasteiger partial charge in [0.05, 0.1) is 6.42 Å². The summed E-state index contributed by atoms with van der Waals surface area (Å²) in [6.45, 7) is 4.48. The van der Waals surface area contributed by atoms with Crippen LogP contribution in [-0.4, -0.2) is 23.9 Å². The molecule has 0 aliphatic carbocycles. The van der Waals surface area contributed by atoms with Crippen molar-refractivity contribution < 1.29 is 9.59 Å². The first kappa shape index (κ1) is 14.5. The van der Waals surface area contributed by atoms with Crippen LogP contribution in [0.25, 0.3) is 0 Å². The van der Waals surface area contributed by atoms with E-state index >= 15 is 0 Å². The number of carbonyl (C=O) groups is 2. The predicted octanol–water partition coefficient (Wildman–Crippen LogP) is 1.43. The standard InChI is InChI=1S/C15H21N3O2/c1-3-15(16,4-2)9-17-14(20)11-6-5-10-8-13(19)18-12(10)7-11/h5-7H,3-4,8-9,16H2,1-2H3,(H,17,20)(H,18,19). The van der Waals surface area contributed by atoms with Crippen LogP contribution in [0.5, 0.6) is 0 Å². The fraction of sp³-hybridized carbons (Fsp3) is 0.467. The number of carbonyl (C=O) groups excluding carboxylic acids is 2. The van der Waals surface area contributed by atoms with Crippen molar-refractivity contribution in [2.75, 3.05) is 11.9 Å². The number of benzene rings is 1. The monoisotopic (exact) mass is 275 g/mol. The van der Waals surface area contributed by atoms with Gasteiger partial charge in [0.1, 0.15) is 0 Å². The molecule has 0 fully saturated rings. The smallest absolute Gasteiger partial charge is 0.251 e. The van der Waals surface area contributed by atoms with Gasteiger partial charge >= 0.3 is 0 Å². The Morgan fingerprint density at radius 3 is 2.75 bits per heavy atom. The molecular formula is C15H21N3O2. The topological polar surface area (TPSA) is 84.2 Å². The number of rotatable bonds is 5. The highest BCUT2D eigenvalue weighted by atomic mass is 16.2. The van der Waals surface area contributed by atoms with Crippen molar-refractivity contribution in [1.82, 2.24) is 5.32 Å². The third-order valence-corrected chi connectivity index (χ3v) is 4.01. The van der Waals surface area contributed by atoms with Crippen molar-refractivity contribution in [2.24, 2.45) is 5.73 Å². The van der Waals surface area contributed by atoms with Crippen molar-refractivity contribution in [1.29, 1.82) is 0 Å². The summed E-state index contributed by atoms with van der Waals surface area (Å²) < 4.78 is 0. The van der Waals surface area contributed by atoms with Crippen LogP contribution < -0.4 is 16.4 Å². The zero-order valence-corrected chi connectivity index (χ0v) is 12.0. The number of fused-ring (bicyclic) bond motifs is 1. The van der Waals surface area contributed by atoms with E-state index in [0.29, 0.717) is 18.5 Å². The molecule has 1 aromatic carbocycles. The fourth-order valence-corrected chi connectivity index (χ4v) is 2.21. The van der Waals surface area contributed by atoms with Crippen LogP contribution in [0.1, 0.15) is 42.6 Å². The van der Waals surface area contributed by atoms with Gasteiger partial charge in [-0.2, -0.15) is 0 Å². The molecule has 0 spiro atoms. The van der Waals surface area contributed by atoms with E-state index in [1.165, 1.54) is 0 Å². The van der Waals surface area contributed by atoms with E-state index in [2.05, 4.69) is 10.6 Å². The van der Waals surface area contributed by atoms with Gasteiger partial charge in [-0.05, 0) is 30.5 Å². The van der Waals surface area contributed by atoms with Gasteiger partial charge in [-0.3, -0.25) is 9.59 Å². The Labute approximate surface area is 118 Å². The molecule has 4 N–H and O–H groups in total. The number of hydrogen-bond acceptors (Lipinski definition) is 3. The Bertz CT molecular complexity index is 536. The van der Waals surface area contributed by atoms with E-state index in [-0.39, 0.29) is 17.4 Å². The van der Waals surface area contributed by atoms with Gasteiger partial charge in [-0.25, -0.2) is 0 Å². The normalized spacial score (nSPS) is 13.8. The van der Waals surface area contributed by atoms with Crippen LogP contribution in [0.15, 0.2) is 18.2 Å². The minimum Gasteiger partial charge on any atom is -0.350 e. The molecule has 0 saturated carbocycles. The lowest BCUT2D eigenvalue weighted by atomic mass is 9.94. The van der Waals surface area contributed by atoms with E-state index in [4.69, 9.17) is 5.73 Å². The molecule has 2 amide bonds. The molecule has 1 aliphatic rings. The summed E-state index contributed by atoms with van der Waals surface area (Å²) >= 11 is 0. The fourth-order valence-electron chi connectivity index (χ4n) is 2.21. The van der Waals surface area contributed by atoms with E-state index in [0.717, 1.165) is 24.1 Å². The zero-order valence-electron chi connectivity index (χ0n) is 12.0. The van der Waals surface area contributed by atoms with Crippen molar-refractivity contribution in [3.8, 4) is 0 Å². The Morgan fingerprint density at radius 2 is 2.10 bits per heavy atom. The summed E-state index contributed by atoms with van der Waals surface area (Å²) in [7, 11) is 0. The minimum absolute atomic E-state index is 0.0319. The molecule has 1 aliphatic heterocycles. The molecule has 2 rings (SSSR count). The van der Waals surface area contributed by atoms with E-state index in [9.17, 15) is 9.59 Å². The molecule has 108 valence electrons. The van der Waals surface area contributed by atoms with Crippen LogP contribution in [0.2, 0.25) is 0 Å². The number of nitrogens with one attached hydrogen (secondary N) is 2. The van der Waals surface area contributed by atoms with E-state index < -0.39 is 0 Å². The second-order valence-electron chi connectivity index (χ2n) is 5.35. The van der Waals surface area contributed by atoms with Gasteiger partial charge in [0.15, 0.2) is 0 Å². The number of anilines is 1. The largest absolute Gasteiger partial charge is 0.350 e. The zero-order chi connectivity index (χ0) is 14.8. The lowest BCUT2D eigenvalue weighted by Gasteiger charge is -2.26. The molecule has 5 nitrogen and oxygen atoms in total. The highest BCUT2D eigenvalue weighted by Crippen LogP contribution is 2.24. The second-order valence-corrected chi connectivity index (χ2v) is 5.35. The quantitative estimate of drug-likeness (QED) is 0.760. The third kappa shape index (κ3) is 2.99.